The average Bonchev–Trinajstić information content (AvgIpc) is 2.75. The molecule has 0 bridgehead atoms. The van der Waals surface area contributed by atoms with Crippen molar-refractivity contribution >= 4 is 11.9 Å². The summed E-state index contributed by atoms with van der Waals surface area (Å²) in [5.41, 5.74) is 6.22. The number of carbonyl (C=O) groups excluding carboxylic acids is 1. The highest BCUT2D eigenvalue weighted by atomic mass is 16.5. The van der Waals surface area contributed by atoms with Crippen LogP contribution in [0.15, 0.2) is 53.6 Å². The van der Waals surface area contributed by atoms with E-state index in [0.29, 0.717) is 23.3 Å². The van der Waals surface area contributed by atoms with E-state index >= 15 is 0 Å². The van der Waals surface area contributed by atoms with Crippen molar-refractivity contribution in [2.45, 2.75) is 72.5 Å². The lowest BCUT2D eigenvalue weighted by atomic mass is 9.90. The van der Waals surface area contributed by atoms with Crippen molar-refractivity contribution in [2.24, 2.45) is 0 Å². The number of hydrogen-bond donors (Lipinski definition) is 1. The number of ketones is 1. The van der Waals surface area contributed by atoms with Crippen LogP contribution in [0.25, 0.3) is 6.08 Å². The minimum atomic E-state index is -0.425. The van der Waals surface area contributed by atoms with Gasteiger partial charge >= 0.3 is 0 Å². The largest absolute Gasteiger partial charge is 0.508 e. The van der Waals surface area contributed by atoms with Crippen LogP contribution in [0.2, 0.25) is 0 Å². The van der Waals surface area contributed by atoms with E-state index in [4.69, 9.17) is 9.47 Å². The highest BCUT2D eigenvalue weighted by Gasteiger charge is 2.32. The molecular formula is C30H34O4. The third-order valence-electron chi connectivity index (χ3n) is 6.23. The summed E-state index contributed by atoms with van der Waals surface area (Å²) in [5.74, 6) is 1.56. The minimum absolute atomic E-state index is 0.0289. The van der Waals surface area contributed by atoms with Crippen LogP contribution in [0.1, 0.15) is 86.7 Å². The zero-order chi connectivity index (χ0) is 24.6. The van der Waals surface area contributed by atoms with E-state index in [9.17, 15) is 9.90 Å². The SMILES string of the molecule is CC(C)=CCc1cc([C@@H]2CC(=O)c3ccc(O)c(CC=C(C)C)c3O2)cc2c1OC(C)(C)C=C2. The summed E-state index contributed by atoms with van der Waals surface area (Å²) in [6, 6.07) is 7.43. The van der Waals surface area contributed by atoms with Crippen LogP contribution in [-0.2, 0) is 12.8 Å². The van der Waals surface area contributed by atoms with Crippen molar-refractivity contribution in [1.29, 1.82) is 0 Å². The van der Waals surface area contributed by atoms with Gasteiger partial charge in [0.15, 0.2) is 5.78 Å². The van der Waals surface area contributed by atoms with Gasteiger partial charge in [0.05, 0.1) is 12.0 Å². The van der Waals surface area contributed by atoms with Gasteiger partial charge in [-0.05, 0) is 95.9 Å². The molecule has 34 heavy (non-hydrogen) atoms. The van der Waals surface area contributed by atoms with Crippen LogP contribution in [0.5, 0.6) is 17.2 Å². The molecule has 2 aliphatic heterocycles. The first-order chi connectivity index (χ1) is 16.0. The first kappa shape index (κ1) is 23.9. The number of phenols is 1. The second-order valence-electron chi connectivity index (χ2n) is 10.3. The molecule has 2 aliphatic rings. The lowest BCUT2D eigenvalue weighted by Crippen LogP contribution is -2.28. The van der Waals surface area contributed by atoms with E-state index in [1.54, 1.807) is 12.1 Å². The Morgan fingerprint density at radius 2 is 1.76 bits per heavy atom. The fourth-order valence-corrected chi connectivity index (χ4v) is 4.35. The Bertz CT molecular complexity index is 1220. The number of Topliss-reactive ketones (excluding diaryl/α,β-unsaturated/α-hetero) is 1. The van der Waals surface area contributed by atoms with Crippen LogP contribution in [0.4, 0.5) is 0 Å². The number of hydrogen-bond acceptors (Lipinski definition) is 4. The van der Waals surface area contributed by atoms with Crippen LogP contribution in [-0.4, -0.2) is 16.5 Å². The van der Waals surface area contributed by atoms with Gasteiger partial charge in [0, 0.05) is 11.1 Å². The molecule has 1 N–H and O–H groups in total. The molecule has 2 aromatic carbocycles. The molecule has 0 saturated carbocycles. The molecule has 2 aromatic rings. The topological polar surface area (TPSA) is 55.8 Å². The monoisotopic (exact) mass is 458 g/mol. The summed E-state index contributed by atoms with van der Waals surface area (Å²) in [6.07, 6.45) is 9.47. The second kappa shape index (κ2) is 9.17. The van der Waals surface area contributed by atoms with E-state index in [2.05, 4.69) is 44.2 Å². The van der Waals surface area contributed by atoms with Crippen molar-refractivity contribution in [2.75, 3.05) is 0 Å². The minimum Gasteiger partial charge on any atom is -0.508 e. The molecule has 4 nitrogen and oxygen atoms in total. The van der Waals surface area contributed by atoms with Gasteiger partial charge in [-0.3, -0.25) is 4.79 Å². The maximum Gasteiger partial charge on any atom is 0.170 e. The van der Waals surface area contributed by atoms with Crippen molar-refractivity contribution in [1.82, 2.24) is 0 Å². The van der Waals surface area contributed by atoms with Crippen molar-refractivity contribution in [3.8, 4) is 17.2 Å². The summed E-state index contributed by atoms with van der Waals surface area (Å²) < 4.78 is 12.8. The van der Waals surface area contributed by atoms with Gasteiger partial charge in [-0.2, -0.15) is 0 Å². The molecule has 0 amide bonds. The third-order valence-corrected chi connectivity index (χ3v) is 6.23. The van der Waals surface area contributed by atoms with E-state index in [0.717, 1.165) is 34.4 Å². The van der Waals surface area contributed by atoms with Crippen LogP contribution in [0, 0.1) is 0 Å². The van der Waals surface area contributed by atoms with E-state index < -0.39 is 6.10 Å². The lowest BCUT2D eigenvalue weighted by Gasteiger charge is -2.32. The molecule has 0 aliphatic carbocycles. The number of aromatic hydroxyl groups is 1. The predicted octanol–water partition coefficient (Wildman–Crippen LogP) is 7.30. The molecule has 0 fully saturated rings. The van der Waals surface area contributed by atoms with Gasteiger partial charge in [0.25, 0.3) is 0 Å². The van der Waals surface area contributed by atoms with Gasteiger partial charge in [0.1, 0.15) is 29.0 Å². The van der Waals surface area contributed by atoms with Gasteiger partial charge in [-0.1, -0.05) is 29.4 Å². The van der Waals surface area contributed by atoms with Crippen LogP contribution in [0.3, 0.4) is 0 Å². The first-order valence-corrected chi connectivity index (χ1v) is 11.9. The molecule has 0 saturated heterocycles. The normalized spacial score (nSPS) is 17.7. The number of ether oxygens (including phenoxy) is 2. The molecule has 4 heteroatoms. The molecule has 0 spiro atoms. The Hall–Kier alpha value is -3.27. The first-order valence-electron chi connectivity index (χ1n) is 11.9. The zero-order valence-electron chi connectivity index (χ0n) is 21.0. The van der Waals surface area contributed by atoms with E-state index in [1.807, 2.05) is 33.8 Å². The highest BCUT2D eigenvalue weighted by molar-refractivity contribution is 6.00. The quantitative estimate of drug-likeness (QED) is 0.478. The number of fused-ring (bicyclic) bond motifs is 2. The fourth-order valence-electron chi connectivity index (χ4n) is 4.35. The molecule has 1 atom stereocenters. The van der Waals surface area contributed by atoms with Crippen molar-refractivity contribution in [3.05, 3.63) is 81.5 Å². The van der Waals surface area contributed by atoms with E-state index in [1.165, 1.54) is 5.57 Å². The predicted molar refractivity (Wildman–Crippen MR) is 137 cm³/mol. The highest BCUT2D eigenvalue weighted by Crippen LogP contribution is 2.43. The van der Waals surface area contributed by atoms with Crippen molar-refractivity contribution in [3.63, 3.8) is 0 Å². The summed E-state index contributed by atoms with van der Waals surface area (Å²) >= 11 is 0. The second-order valence-corrected chi connectivity index (χ2v) is 10.3. The third kappa shape index (κ3) is 4.96. The van der Waals surface area contributed by atoms with Crippen LogP contribution >= 0.6 is 0 Å². The smallest absolute Gasteiger partial charge is 0.170 e. The maximum atomic E-state index is 13.1. The van der Waals surface area contributed by atoms with E-state index in [-0.39, 0.29) is 23.6 Å². The zero-order valence-corrected chi connectivity index (χ0v) is 21.0. The Morgan fingerprint density at radius 3 is 2.47 bits per heavy atom. The average molecular weight is 459 g/mol. The van der Waals surface area contributed by atoms with Gasteiger partial charge in [-0.25, -0.2) is 0 Å². The lowest BCUT2D eigenvalue weighted by molar-refractivity contribution is 0.0847. The summed E-state index contributed by atoms with van der Waals surface area (Å²) in [6.45, 7) is 12.3. The number of rotatable bonds is 5. The van der Waals surface area contributed by atoms with Gasteiger partial charge in [0.2, 0.25) is 0 Å². The Labute approximate surface area is 202 Å². The molecule has 0 radical (unpaired) electrons. The summed E-state index contributed by atoms with van der Waals surface area (Å²) in [7, 11) is 0. The van der Waals surface area contributed by atoms with Gasteiger partial charge < -0.3 is 14.6 Å². The van der Waals surface area contributed by atoms with Gasteiger partial charge in [-0.15, -0.1) is 0 Å². The fraction of sp³-hybridized carbons (Fsp3) is 0.367. The number of allylic oxidation sites excluding steroid dienone is 4. The number of carbonyl (C=O) groups is 1. The molecule has 2 heterocycles. The molecule has 178 valence electrons. The van der Waals surface area contributed by atoms with Crippen LogP contribution < -0.4 is 9.47 Å². The molecular weight excluding hydrogens is 424 g/mol. The molecule has 0 aromatic heterocycles. The Kier molecular flexibility index (Phi) is 6.44. The molecule has 4 rings (SSSR count). The summed E-state index contributed by atoms with van der Waals surface area (Å²) in [4.78, 5) is 13.1. The van der Waals surface area contributed by atoms with Crippen molar-refractivity contribution < 1.29 is 19.4 Å². The number of phenolic OH excluding ortho intramolecular Hbond substituents is 1. The molecule has 0 unspecified atom stereocenters. The summed E-state index contributed by atoms with van der Waals surface area (Å²) in [5, 5.41) is 10.5. The maximum absolute atomic E-state index is 13.1. The number of benzene rings is 2. The Balaban J connectivity index is 1.77. The standard InChI is InChI=1S/C30H34O4/c1-18(2)7-9-20-15-22(16-21-13-14-30(5,6)34-28(20)21)27-17-26(32)24-11-12-25(31)23(29(24)33-27)10-8-19(3)4/h7-8,11-16,27,31H,9-10,17H2,1-6H3/t27-/m0/s1. The Morgan fingerprint density at radius 1 is 1.06 bits per heavy atom.